The third kappa shape index (κ3) is 3.81. The molecule has 1 rings (SSSR count). The van der Waals surface area contributed by atoms with Gasteiger partial charge in [0.15, 0.2) is 0 Å². The predicted molar refractivity (Wildman–Crippen MR) is 68.2 cm³/mol. The Balaban J connectivity index is 2.96. The van der Waals surface area contributed by atoms with Crippen molar-refractivity contribution in [3.8, 4) is 0 Å². The quantitative estimate of drug-likeness (QED) is 0.651. The van der Waals surface area contributed by atoms with Crippen LogP contribution in [0.1, 0.15) is 37.8 Å². The maximum absolute atomic E-state index is 13.0. The van der Waals surface area contributed by atoms with Crippen molar-refractivity contribution < 1.29 is 8.78 Å². The SMILES string of the molecule is C/C=C(C)\C=C/C(C)c1ccc(F)cc1CF. The lowest BCUT2D eigenvalue weighted by Gasteiger charge is -2.11. The van der Waals surface area contributed by atoms with Gasteiger partial charge in [0, 0.05) is 0 Å². The number of allylic oxidation sites excluding steroid dienone is 4. The van der Waals surface area contributed by atoms with Crippen molar-refractivity contribution in [3.63, 3.8) is 0 Å². The van der Waals surface area contributed by atoms with Crippen molar-refractivity contribution in [2.75, 3.05) is 0 Å². The first-order valence-electron chi connectivity index (χ1n) is 5.74. The summed E-state index contributed by atoms with van der Waals surface area (Å²) in [7, 11) is 0. The van der Waals surface area contributed by atoms with Crippen LogP contribution < -0.4 is 0 Å². The summed E-state index contributed by atoms with van der Waals surface area (Å²) < 4.78 is 25.8. The van der Waals surface area contributed by atoms with Gasteiger partial charge in [-0.25, -0.2) is 8.78 Å². The van der Waals surface area contributed by atoms with E-state index in [0.717, 1.165) is 11.1 Å². The minimum atomic E-state index is -0.631. The van der Waals surface area contributed by atoms with Crippen molar-refractivity contribution in [1.82, 2.24) is 0 Å². The summed E-state index contributed by atoms with van der Waals surface area (Å²) in [6, 6.07) is 4.30. The molecule has 0 bridgehead atoms. The molecule has 1 unspecified atom stereocenters. The summed E-state index contributed by atoms with van der Waals surface area (Å²) in [5, 5.41) is 0. The van der Waals surface area contributed by atoms with Gasteiger partial charge >= 0.3 is 0 Å². The Hall–Kier alpha value is -1.44. The zero-order valence-corrected chi connectivity index (χ0v) is 10.5. The van der Waals surface area contributed by atoms with Gasteiger partial charge < -0.3 is 0 Å². The van der Waals surface area contributed by atoms with Gasteiger partial charge in [0.25, 0.3) is 0 Å². The Morgan fingerprint density at radius 3 is 2.71 bits per heavy atom. The highest BCUT2D eigenvalue weighted by atomic mass is 19.1. The lowest BCUT2D eigenvalue weighted by Crippen LogP contribution is -1.96. The molecule has 1 aromatic carbocycles. The lowest BCUT2D eigenvalue weighted by atomic mass is 9.95. The molecule has 92 valence electrons. The molecule has 1 atom stereocenters. The fourth-order valence-corrected chi connectivity index (χ4v) is 1.63. The monoisotopic (exact) mass is 236 g/mol. The molecule has 0 heterocycles. The van der Waals surface area contributed by atoms with Gasteiger partial charge in [-0.2, -0.15) is 0 Å². The smallest absolute Gasteiger partial charge is 0.123 e. The van der Waals surface area contributed by atoms with Crippen molar-refractivity contribution in [2.45, 2.75) is 33.4 Å². The van der Waals surface area contributed by atoms with E-state index in [1.807, 2.05) is 39.0 Å². The van der Waals surface area contributed by atoms with Crippen molar-refractivity contribution in [3.05, 3.63) is 58.9 Å². The van der Waals surface area contributed by atoms with Crippen LogP contribution in [-0.4, -0.2) is 0 Å². The Morgan fingerprint density at radius 1 is 1.41 bits per heavy atom. The zero-order valence-electron chi connectivity index (χ0n) is 10.5. The summed E-state index contributed by atoms with van der Waals surface area (Å²) in [5.41, 5.74) is 2.43. The maximum atomic E-state index is 13.0. The van der Waals surface area contributed by atoms with E-state index in [1.54, 1.807) is 6.07 Å². The third-order valence-electron chi connectivity index (χ3n) is 2.84. The van der Waals surface area contributed by atoms with Crippen LogP contribution in [0.3, 0.4) is 0 Å². The molecule has 17 heavy (non-hydrogen) atoms. The number of alkyl halides is 1. The Kier molecular flexibility index (Phi) is 5.08. The summed E-state index contributed by atoms with van der Waals surface area (Å²) in [6.45, 7) is 5.32. The molecule has 0 spiro atoms. The first kappa shape index (κ1) is 13.6. The molecule has 0 nitrogen and oxygen atoms in total. The number of rotatable bonds is 4. The van der Waals surface area contributed by atoms with E-state index in [2.05, 4.69) is 0 Å². The topological polar surface area (TPSA) is 0 Å². The fraction of sp³-hybridized carbons (Fsp3) is 0.333. The van der Waals surface area contributed by atoms with Crippen molar-refractivity contribution >= 4 is 0 Å². The van der Waals surface area contributed by atoms with E-state index in [1.165, 1.54) is 12.1 Å². The van der Waals surface area contributed by atoms with E-state index in [4.69, 9.17) is 0 Å². The Labute approximate surface area is 102 Å². The number of halogens is 2. The van der Waals surface area contributed by atoms with Crippen LogP contribution in [0.15, 0.2) is 42.0 Å². The molecule has 0 radical (unpaired) electrons. The second-order valence-corrected chi connectivity index (χ2v) is 4.16. The highest BCUT2D eigenvalue weighted by molar-refractivity contribution is 5.34. The van der Waals surface area contributed by atoms with Crippen LogP contribution in [0, 0.1) is 5.82 Å². The summed E-state index contributed by atoms with van der Waals surface area (Å²) >= 11 is 0. The minimum absolute atomic E-state index is 0.0799. The molecule has 2 heteroatoms. The van der Waals surface area contributed by atoms with Gasteiger partial charge in [-0.15, -0.1) is 0 Å². The van der Waals surface area contributed by atoms with Gasteiger partial charge in [0.05, 0.1) is 0 Å². The number of benzene rings is 1. The first-order valence-corrected chi connectivity index (χ1v) is 5.74. The van der Waals surface area contributed by atoms with E-state index in [0.29, 0.717) is 5.56 Å². The maximum Gasteiger partial charge on any atom is 0.123 e. The van der Waals surface area contributed by atoms with Crippen LogP contribution in [0.4, 0.5) is 8.78 Å². The highest BCUT2D eigenvalue weighted by Gasteiger charge is 2.08. The third-order valence-corrected chi connectivity index (χ3v) is 2.84. The van der Waals surface area contributed by atoms with Crippen LogP contribution in [0.5, 0.6) is 0 Å². The number of hydrogen-bond donors (Lipinski definition) is 0. The lowest BCUT2D eigenvalue weighted by molar-refractivity contribution is 0.478. The second-order valence-electron chi connectivity index (χ2n) is 4.16. The molecule has 0 aromatic heterocycles. The summed E-state index contributed by atoms with van der Waals surface area (Å²) in [4.78, 5) is 0. The van der Waals surface area contributed by atoms with E-state index >= 15 is 0 Å². The summed E-state index contributed by atoms with van der Waals surface area (Å²) in [6.07, 6.45) is 6.00. The first-order chi connectivity index (χ1) is 8.08. The van der Waals surface area contributed by atoms with E-state index < -0.39 is 6.67 Å². The Morgan fingerprint density at radius 2 is 2.12 bits per heavy atom. The van der Waals surface area contributed by atoms with Crippen LogP contribution in [0.2, 0.25) is 0 Å². The molecule has 0 saturated heterocycles. The Bertz CT molecular complexity index is 431. The van der Waals surface area contributed by atoms with Gasteiger partial charge in [-0.1, -0.05) is 36.8 Å². The highest BCUT2D eigenvalue weighted by Crippen LogP contribution is 2.23. The molecule has 0 fully saturated rings. The van der Waals surface area contributed by atoms with E-state index in [9.17, 15) is 8.78 Å². The minimum Gasteiger partial charge on any atom is -0.246 e. The van der Waals surface area contributed by atoms with Crippen LogP contribution in [0.25, 0.3) is 0 Å². The molecule has 0 N–H and O–H groups in total. The molecule has 0 saturated carbocycles. The standard InChI is InChI=1S/C15H18F2/c1-4-11(2)5-6-12(3)15-8-7-14(17)9-13(15)10-16/h4-9,12H,10H2,1-3H3/b6-5-,11-4-. The largest absolute Gasteiger partial charge is 0.246 e. The fourth-order valence-electron chi connectivity index (χ4n) is 1.63. The predicted octanol–water partition coefficient (Wildman–Crippen LogP) is 4.92. The van der Waals surface area contributed by atoms with Crippen molar-refractivity contribution in [2.24, 2.45) is 0 Å². The average molecular weight is 236 g/mol. The molecule has 0 amide bonds. The van der Waals surface area contributed by atoms with Crippen LogP contribution in [-0.2, 0) is 6.67 Å². The summed E-state index contributed by atoms with van der Waals surface area (Å²) in [5.74, 6) is -0.307. The van der Waals surface area contributed by atoms with Gasteiger partial charge in [-0.3, -0.25) is 0 Å². The van der Waals surface area contributed by atoms with Gasteiger partial charge in [0.1, 0.15) is 12.5 Å². The number of hydrogen-bond acceptors (Lipinski definition) is 0. The second kappa shape index (κ2) is 6.33. The molecular formula is C15H18F2. The van der Waals surface area contributed by atoms with Gasteiger partial charge in [-0.05, 0) is 43.0 Å². The molecule has 0 aliphatic carbocycles. The molecule has 1 aromatic rings. The zero-order chi connectivity index (χ0) is 12.8. The molecule has 0 aliphatic heterocycles. The molecular weight excluding hydrogens is 218 g/mol. The van der Waals surface area contributed by atoms with Gasteiger partial charge in [0.2, 0.25) is 0 Å². The van der Waals surface area contributed by atoms with E-state index in [-0.39, 0.29) is 11.7 Å². The van der Waals surface area contributed by atoms with Crippen LogP contribution >= 0.6 is 0 Å². The normalized spacial score (nSPS) is 14.3. The van der Waals surface area contributed by atoms with Crippen molar-refractivity contribution in [1.29, 1.82) is 0 Å². The average Bonchev–Trinajstić information content (AvgIpc) is 2.35. The molecule has 0 aliphatic rings.